The first-order chi connectivity index (χ1) is 12.5. The Bertz CT molecular complexity index is 927. The van der Waals surface area contributed by atoms with Crippen LogP contribution in [0, 0.1) is 0 Å². The molecule has 0 spiro atoms. The number of carbonyl (C=O) groups is 2. The van der Waals surface area contributed by atoms with Crippen LogP contribution in [0.2, 0.25) is 0 Å². The maximum atomic E-state index is 12.5. The molecule has 1 amide bonds. The number of hydrogen-bond donors (Lipinski definition) is 1. The van der Waals surface area contributed by atoms with Gasteiger partial charge in [0.05, 0.1) is 17.7 Å². The first-order valence-electron chi connectivity index (χ1n) is 7.90. The van der Waals surface area contributed by atoms with Crippen molar-refractivity contribution in [1.29, 1.82) is 0 Å². The summed E-state index contributed by atoms with van der Waals surface area (Å²) in [5.74, 6) is -0.438. The number of carboxylic acids is 1. The Morgan fingerprint density at radius 2 is 2.19 bits per heavy atom. The van der Waals surface area contributed by atoms with E-state index in [9.17, 15) is 9.59 Å². The van der Waals surface area contributed by atoms with Crippen LogP contribution in [0.4, 0.5) is 0 Å². The number of thioether (sulfide) groups is 1. The van der Waals surface area contributed by atoms with E-state index in [1.807, 2.05) is 30.3 Å². The van der Waals surface area contributed by atoms with Crippen LogP contribution in [-0.4, -0.2) is 44.8 Å². The van der Waals surface area contributed by atoms with Gasteiger partial charge in [-0.05, 0) is 24.6 Å². The number of fused-ring (bicyclic) bond motifs is 1. The van der Waals surface area contributed by atoms with Crippen molar-refractivity contribution in [2.75, 3.05) is 13.7 Å². The van der Waals surface area contributed by atoms with Crippen LogP contribution in [-0.2, 0) is 9.59 Å². The highest BCUT2D eigenvalue weighted by molar-refractivity contribution is 8.26. The molecule has 6 nitrogen and oxygen atoms in total. The highest BCUT2D eigenvalue weighted by atomic mass is 32.2. The van der Waals surface area contributed by atoms with Gasteiger partial charge in [0.1, 0.15) is 15.6 Å². The number of amides is 1. The monoisotopic (exact) mass is 388 g/mol. The van der Waals surface area contributed by atoms with E-state index in [2.05, 4.69) is 4.98 Å². The number of aromatic nitrogens is 1. The van der Waals surface area contributed by atoms with Crippen molar-refractivity contribution in [3.63, 3.8) is 0 Å². The Morgan fingerprint density at radius 1 is 1.38 bits per heavy atom. The molecule has 1 aliphatic rings. The molecule has 0 unspecified atom stereocenters. The van der Waals surface area contributed by atoms with Gasteiger partial charge in [-0.25, -0.2) is 4.98 Å². The lowest BCUT2D eigenvalue weighted by Gasteiger charge is -2.13. The molecule has 1 aromatic heterocycles. The molecule has 1 saturated heterocycles. The van der Waals surface area contributed by atoms with Crippen LogP contribution >= 0.6 is 24.0 Å². The molecule has 2 aromatic rings. The zero-order valence-corrected chi connectivity index (χ0v) is 15.6. The Morgan fingerprint density at radius 3 is 2.92 bits per heavy atom. The molecule has 3 rings (SSSR count). The van der Waals surface area contributed by atoms with Gasteiger partial charge < -0.3 is 9.84 Å². The lowest BCUT2D eigenvalue weighted by atomic mass is 10.2. The summed E-state index contributed by atoms with van der Waals surface area (Å²) in [6.07, 6.45) is 2.06. The number of carboxylic acid groups (broad SMARTS) is 1. The lowest BCUT2D eigenvalue weighted by Crippen LogP contribution is -2.29. The average Bonchev–Trinajstić information content (AvgIpc) is 2.88. The van der Waals surface area contributed by atoms with E-state index in [1.165, 1.54) is 16.7 Å². The Balaban J connectivity index is 1.83. The van der Waals surface area contributed by atoms with Crippen molar-refractivity contribution in [3.05, 3.63) is 40.9 Å². The van der Waals surface area contributed by atoms with E-state index in [4.69, 9.17) is 22.1 Å². The van der Waals surface area contributed by atoms with Crippen molar-refractivity contribution >= 4 is 57.2 Å². The van der Waals surface area contributed by atoms with Crippen molar-refractivity contribution in [2.45, 2.75) is 12.8 Å². The third-order valence-corrected chi connectivity index (χ3v) is 5.23. The molecule has 1 aliphatic heterocycles. The number of benzene rings is 1. The second-order valence-corrected chi connectivity index (χ2v) is 7.27. The summed E-state index contributed by atoms with van der Waals surface area (Å²) in [7, 11) is 1.59. The minimum atomic E-state index is -0.889. The third kappa shape index (κ3) is 3.86. The van der Waals surface area contributed by atoms with Gasteiger partial charge in [0.15, 0.2) is 0 Å². The number of nitrogens with zero attached hydrogens (tertiary/aromatic N) is 2. The van der Waals surface area contributed by atoms with Gasteiger partial charge >= 0.3 is 5.97 Å². The maximum absolute atomic E-state index is 12.5. The number of methoxy groups -OCH3 is 1. The zero-order chi connectivity index (χ0) is 18.7. The quantitative estimate of drug-likeness (QED) is 0.601. The van der Waals surface area contributed by atoms with Gasteiger partial charge in [-0.15, -0.1) is 0 Å². The summed E-state index contributed by atoms with van der Waals surface area (Å²) in [6.45, 7) is 0.299. The molecule has 0 atom stereocenters. The molecule has 1 fully saturated rings. The molecule has 0 saturated carbocycles. The van der Waals surface area contributed by atoms with Gasteiger partial charge in [0.25, 0.3) is 5.91 Å². The minimum Gasteiger partial charge on any atom is -0.494 e. The molecular formula is C18H16N2O4S2. The summed E-state index contributed by atoms with van der Waals surface area (Å²) in [6, 6.07) is 9.42. The van der Waals surface area contributed by atoms with Crippen LogP contribution in [0.5, 0.6) is 5.75 Å². The number of aliphatic carboxylic acids is 1. The predicted molar refractivity (Wildman–Crippen MR) is 105 cm³/mol. The van der Waals surface area contributed by atoms with Gasteiger partial charge in [0.2, 0.25) is 0 Å². The van der Waals surface area contributed by atoms with Crippen molar-refractivity contribution in [2.24, 2.45) is 0 Å². The molecular weight excluding hydrogens is 372 g/mol. The molecule has 134 valence electrons. The molecule has 8 heteroatoms. The zero-order valence-electron chi connectivity index (χ0n) is 14.0. The third-order valence-electron chi connectivity index (χ3n) is 3.85. The van der Waals surface area contributed by atoms with Crippen molar-refractivity contribution < 1.29 is 19.4 Å². The Hall–Kier alpha value is -2.45. The summed E-state index contributed by atoms with van der Waals surface area (Å²) in [5, 5.41) is 9.67. The average molecular weight is 388 g/mol. The minimum absolute atomic E-state index is 0.00212. The molecule has 0 aliphatic carbocycles. The van der Waals surface area contributed by atoms with E-state index in [1.54, 1.807) is 13.2 Å². The van der Waals surface area contributed by atoms with Crippen LogP contribution < -0.4 is 4.74 Å². The van der Waals surface area contributed by atoms with E-state index in [0.717, 1.165) is 10.9 Å². The highest BCUT2D eigenvalue weighted by Crippen LogP contribution is 2.33. The number of thiocarbonyl (C=S) groups is 1. The standard InChI is InChI=1S/C18H16N2O4S2/c1-24-13-5-2-4-11-7-8-12(19-16(11)13)10-14-17(23)20(18(25)26-14)9-3-6-15(21)22/h2,4-5,7-8,10H,3,6,9H2,1H3,(H,21,22). The van der Waals surface area contributed by atoms with Gasteiger partial charge in [-0.3, -0.25) is 14.5 Å². The number of rotatable bonds is 6. The fraction of sp³-hybridized carbons (Fsp3) is 0.222. The van der Waals surface area contributed by atoms with E-state index >= 15 is 0 Å². The van der Waals surface area contributed by atoms with Crippen LogP contribution in [0.15, 0.2) is 35.2 Å². The first-order valence-corrected chi connectivity index (χ1v) is 9.13. The van der Waals surface area contributed by atoms with Crippen LogP contribution in [0.3, 0.4) is 0 Å². The number of para-hydroxylation sites is 1. The summed E-state index contributed by atoms with van der Waals surface area (Å²) in [4.78, 5) is 29.7. The fourth-order valence-corrected chi connectivity index (χ4v) is 3.89. The Kier molecular flexibility index (Phi) is 5.53. The summed E-state index contributed by atoms with van der Waals surface area (Å²) < 4.78 is 5.77. The predicted octanol–water partition coefficient (Wildman–Crippen LogP) is 3.31. The molecule has 0 radical (unpaired) electrons. The van der Waals surface area contributed by atoms with E-state index in [-0.39, 0.29) is 12.3 Å². The number of carbonyl (C=O) groups excluding carboxylic acids is 1. The van der Waals surface area contributed by atoms with Crippen LogP contribution in [0.1, 0.15) is 18.5 Å². The second kappa shape index (κ2) is 7.84. The highest BCUT2D eigenvalue weighted by Gasteiger charge is 2.31. The van der Waals surface area contributed by atoms with Crippen molar-refractivity contribution in [3.8, 4) is 5.75 Å². The molecule has 2 heterocycles. The van der Waals surface area contributed by atoms with Crippen molar-refractivity contribution in [1.82, 2.24) is 9.88 Å². The van der Waals surface area contributed by atoms with Gasteiger partial charge in [0, 0.05) is 18.4 Å². The number of pyridine rings is 1. The number of ether oxygens (including phenoxy) is 1. The topological polar surface area (TPSA) is 79.7 Å². The first kappa shape index (κ1) is 18.3. The van der Waals surface area contributed by atoms with Gasteiger partial charge in [-0.1, -0.05) is 42.2 Å². The summed E-state index contributed by atoms with van der Waals surface area (Å²) in [5.41, 5.74) is 1.36. The SMILES string of the molecule is COc1cccc2ccc(C=C3SC(=S)N(CCCC(=O)O)C3=O)nc12. The Labute approximate surface area is 159 Å². The van der Waals surface area contributed by atoms with Gasteiger partial charge in [-0.2, -0.15) is 0 Å². The maximum Gasteiger partial charge on any atom is 0.303 e. The lowest BCUT2D eigenvalue weighted by molar-refractivity contribution is -0.137. The van der Waals surface area contributed by atoms with E-state index in [0.29, 0.717) is 33.6 Å². The normalized spacial score (nSPS) is 15.9. The molecule has 26 heavy (non-hydrogen) atoms. The smallest absolute Gasteiger partial charge is 0.303 e. The summed E-state index contributed by atoms with van der Waals surface area (Å²) >= 11 is 6.45. The molecule has 1 N–H and O–H groups in total. The molecule has 1 aromatic carbocycles. The molecule has 0 bridgehead atoms. The second-order valence-electron chi connectivity index (χ2n) is 5.60. The largest absolute Gasteiger partial charge is 0.494 e. The fourth-order valence-electron chi connectivity index (χ4n) is 2.60. The van der Waals surface area contributed by atoms with E-state index < -0.39 is 5.97 Å². The van der Waals surface area contributed by atoms with Crippen LogP contribution in [0.25, 0.3) is 17.0 Å². The number of hydrogen-bond acceptors (Lipinski definition) is 6.